The number of aromatic nitrogens is 1. The molecule has 2 fully saturated rings. The fraction of sp³-hybridized carbons (Fsp3) is 0.435. The summed E-state index contributed by atoms with van der Waals surface area (Å²) in [5.74, 6) is -1.96. The van der Waals surface area contributed by atoms with Crippen molar-refractivity contribution in [1.29, 1.82) is 0 Å². The second-order valence-corrected chi connectivity index (χ2v) is 8.63. The van der Waals surface area contributed by atoms with Gasteiger partial charge in [0.2, 0.25) is 0 Å². The standard InChI is InChI=1S/C23H23F2N3O3/c1-13-21-23(31)28-10-16-3-2-8-27(16)20(28)12-26(21)11-17(22(13)30)19(29)7-5-14-4-6-15(24)9-18(14)25/h4,6,9,11,16,20H,2-3,5,7-8,10,12H2,1H3/t16-,20+/m1/s1. The third kappa shape index (κ3) is 3.20. The fourth-order valence-corrected chi connectivity index (χ4v) is 5.24. The van der Waals surface area contributed by atoms with E-state index in [0.717, 1.165) is 31.5 Å². The van der Waals surface area contributed by atoms with Crippen LogP contribution in [0.4, 0.5) is 8.78 Å². The molecule has 0 radical (unpaired) electrons. The van der Waals surface area contributed by atoms with Crippen molar-refractivity contribution in [2.24, 2.45) is 0 Å². The number of Topliss-reactive ketones (excluding diaryl/α,β-unsaturated/α-hetero) is 1. The van der Waals surface area contributed by atoms with Crippen molar-refractivity contribution < 1.29 is 18.4 Å². The molecule has 1 aromatic heterocycles. The van der Waals surface area contributed by atoms with Gasteiger partial charge in [-0.3, -0.25) is 19.3 Å². The molecule has 0 aliphatic carbocycles. The minimum absolute atomic E-state index is 0.0148. The lowest BCUT2D eigenvalue weighted by Gasteiger charge is -2.36. The molecule has 4 heterocycles. The van der Waals surface area contributed by atoms with Crippen LogP contribution in [0.5, 0.6) is 0 Å². The number of amides is 1. The van der Waals surface area contributed by atoms with Gasteiger partial charge in [0.05, 0.1) is 12.1 Å². The molecule has 0 saturated carbocycles. The molecule has 31 heavy (non-hydrogen) atoms. The molecule has 1 aromatic carbocycles. The summed E-state index contributed by atoms with van der Waals surface area (Å²) in [6, 6.07) is 3.60. The Labute approximate surface area is 178 Å². The number of nitrogens with zero attached hydrogens (tertiary/aromatic N) is 3. The number of pyridine rings is 1. The van der Waals surface area contributed by atoms with Gasteiger partial charge in [-0.05, 0) is 37.8 Å². The van der Waals surface area contributed by atoms with Crippen LogP contribution in [0.1, 0.15) is 51.2 Å². The van der Waals surface area contributed by atoms with Gasteiger partial charge < -0.3 is 9.47 Å². The zero-order chi connectivity index (χ0) is 21.9. The van der Waals surface area contributed by atoms with Crippen LogP contribution in [0.2, 0.25) is 0 Å². The number of halogens is 2. The highest BCUT2D eigenvalue weighted by atomic mass is 19.1. The summed E-state index contributed by atoms with van der Waals surface area (Å²) < 4.78 is 28.7. The summed E-state index contributed by atoms with van der Waals surface area (Å²) in [6.07, 6.45) is 3.61. The molecule has 3 aliphatic rings. The first kappa shape index (κ1) is 20.1. The summed E-state index contributed by atoms with van der Waals surface area (Å²) in [7, 11) is 0. The average Bonchev–Trinajstić information content (AvgIpc) is 3.32. The molecular formula is C23H23F2N3O3. The summed E-state index contributed by atoms with van der Waals surface area (Å²) >= 11 is 0. The second-order valence-electron chi connectivity index (χ2n) is 8.63. The van der Waals surface area contributed by atoms with Crippen molar-refractivity contribution in [3.8, 4) is 0 Å². The van der Waals surface area contributed by atoms with Gasteiger partial charge in [-0.25, -0.2) is 8.78 Å². The van der Waals surface area contributed by atoms with E-state index in [2.05, 4.69) is 4.90 Å². The summed E-state index contributed by atoms with van der Waals surface area (Å²) in [5.41, 5.74) is 0.405. The molecule has 3 aliphatic heterocycles. The van der Waals surface area contributed by atoms with Crippen LogP contribution in [-0.4, -0.2) is 51.4 Å². The van der Waals surface area contributed by atoms with Gasteiger partial charge in [-0.2, -0.15) is 0 Å². The number of carbonyl (C=O) groups is 2. The van der Waals surface area contributed by atoms with E-state index in [9.17, 15) is 23.2 Å². The van der Waals surface area contributed by atoms with Gasteiger partial charge in [0.25, 0.3) is 5.91 Å². The number of carbonyl (C=O) groups excluding carboxylic acids is 2. The molecule has 0 bridgehead atoms. The monoisotopic (exact) mass is 427 g/mol. The van der Waals surface area contributed by atoms with Crippen molar-refractivity contribution in [2.75, 3.05) is 13.1 Å². The molecule has 1 amide bonds. The summed E-state index contributed by atoms with van der Waals surface area (Å²) in [6.45, 7) is 3.73. The van der Waals surface area contributed by atoms with E-state index in [4.69, 9.17) is 0 Å². The number of hydrogen-bond donors (Lipinski definition) is 0. The van der Waals surface area contributed by atoms with Crippen LogP contribution in [-0.2, 0) is 13.0 Å². The van der Waals surface area contributed by atoms with Gasteiger partial charge in [0, 0.05) is 43.4 Å². The largest absolute Gasteiger partial charge is 0.339 e. The highest BCUT2D eigenvalue weighted by Crippen LogP contribution is 2.34. The van der Waals surface area contributed by atoms with E-state index < -0.39 is 22.8 Å². The minimum Gasteiger partial charge on any atom is -0.339 e. The molecule has 0 unspecified atom stereocenters. The molecule has 2 aromatic rings. The first-order chi connectivity index (χ1) is 14.8. The molecular weight excluding hydrogens is 404 g/mol. The SMILES string of the molecule is Cc1c2n(cc(C(=O)CCc3ccc(F)cc3F)c1=O)C[C@@H]1N(C[C@H]3CCCN31)C2=O. The Balaban J connectivity index is 1.43. The van der Waals surface area contributed by atoms with Gasteiger partial charge in [0.15, 0.2) is 11.2 Å². The third-order valence-corrected chi connectivity index (χ3v) is 6.85. The van der Waals surface area contributed by atoms with E-state index in [1.807, 2.05) is 4.90 Å². The van der Waals surface area contributed by atoms with Gasteiger partial charge in [0.1, 0.15) is 23.5 Å². The van der Waals surface area contributed by atoms with E-state index in [1.54, 1.807) is 11.5 Å². The van der Waals surface area contributed by atoms with E-state index in [1.165, 1.54) is 12.3 Å². The predicted molar refractivity (Wildman–Crippen MR) is 109 cm³/mol. The smallest absolute Gasteiger partial charge is 0.272 e. The highest BCUT2D eigenvalue weighted by Gasteiger charge is 2.47. The number of rotatable bonds is 4. The summed E-state index contributed by atoms with van der Waals surface area (Å²) in [5, 5.41) is 0. The lowest BCUT2D eigenvalue weighted by atomic mass is 10.00. The predicted octanol–water partition coefficient (Wildman–Crippen LogP) is 2.51. The Hall–Kier alpha value is -2.87. The highest BCUT2D eigenvalue weighted by molar-refractivity contribution is 5.99. The molecule has 8 heteroatoms. The maximum atomic E-state index is 13.9. The van der Waals surface area contributed by atoms with Gasteiger partial charge >= 0.3 is 0 Å². The fourth-order valence-electron chi connectivity index (χ4n) is 5.24. The first-order valence-corrected chi connectivity index (χ1v) is 10.6. The zero-order valence-corrected chi connectivity index (χ0v) is 17.2. The van der Waals surface area contributed by atoms with Crippen molar-refractivity contribution >= 4 is 11.7 Å². The maximum absolute atomic E-state index is 13.9. The minimum atomic E-state index is -0.710. The molecule has 5 rings (SSSR count). The molecule has 162 valence electrons. The van der Waals surface area contributed by atoms with Crippen LogP contribution >= 0.6 is 0 Å². The van der Waals surface area contributed by atoms with Crippen LogP contribution in [0.3, 0.4) is 0 Å². The Morgan fingerprint density at radius 3 is 2.77 bits per heavy atom. The van der Waals surface area contributed by atoms with E-state index in [0.29, 0.717) is 24.8 Å². The topological polar surface area (TPSA) is 62.6 Å². The summed E-state index contributed by atoms with van der Waals surface area (Å²) in [4.78, 5) is 43.1. The lowest BCUT2D eigenvalue weighted by molar-refractivity contribution is 0.0518. The van der Waals surface area contributed by atoms with E-state index in [-0.39, 0.29) is 41.6 Å². The zero-order valence-electron chi connectivity index (χ0n) is 17.2. The molecule has 0 spiro atoms. The lowest BCUT2D eigenvalue weighted by Crippen LogP contribution is -2.51. The number of fused-ring (bicyclic) bond motifs is 4. The molecule has 6 nitrogen and oxygen atoms in total. The number of ketones is 1. The van der Waals surface area contributed by atoms with Crippen molar-refractivity contribution in [3.63, 3.8) is 0 Å². The Morgan fingerprint density at radius 2 is 2.00 bits per heavy atom. The third-order valence-electron chi connectivity index (χ3n) is 6.85. The van der Waals surface area contributed by atoms with Gasteiger partial charge in [-0.1, -0.05) is 6.07 Å². The van der Waals surface area contributed by atoms with Crippen molar-refractivity contribution in [3.05, 3.63) is 68.6 Å². The average molecular weight is 427 g/mol. The van der Waals surface area contributed by atoms with Crippen LogP contribution < -0.4 is 5.43 Å². The quantitative estimate of drug-likeness (QED) is 0.704. The van der Waals surface area contributed by atoms with Crippen molar-refractivity contribution in [2.45, 2.75) is 51.4 Å². The second kappa shape index (κ2) is 7.37. The Morgan fingerprint density at radius 1 is 1.19 bits per heavy atom. The first-order valence-electron chi connectivity index (χ1n) is 10.6. The van der Waals surface area contributed by atoms with Crippen molar-refractivity contribution in [1.82, 2.24) is 14.4 Å². The van der Waals surface area contributed by atoms with E-state index >= 15 is 0 Å². The normalized spacial score (nSPS) is 22.4. The van der Waals surface area contributed by atoms with Crippen LogP contribution in [0.15, 0.2) is 29.2 Å². The van der Waals surface area contributed by atoms with Crippen LogP contribution in [0, 0.1) is 18.6 Å². The van der Waals surface area contributed by atoms with Crippen LogP contribution in [0.25, 0.3) is 0 Å². The number of hydrogen-bond acceptors (Lipinski definition) is 4. The molecule has 2 saturated heterocycles. The Bertz CT molecular complexity index is 1160. The number of aryl methyl sites for hydroxylation is 1. The van der Waals surface area contributed by atoms with Gasteiger partial charge in [-0.15, -0.1) is 0 Å². The maximum Gasteiger partial charge on any atom is 0.272 e. The molecule has 2 atom stereocenters. The Kier molecular flexibility index (Phi) is 4.77. The number of benzene rings is 1. The molecule has 0 N–H and O–H groups in total.